The number of hydrogen-bond acceptors (Lipinski definition) is 7. The van der Waals surface area contributed by atoms with E-state index in [1.165, 1.54) is 0 Å². The summed E-state index contributed by atoms with van der Waals surface area (Å²) < 4.78 is 33.1. The summed E-state index contributed by atoms with van der Waals surface area (Å²) >= 11 is 0. The van der Waals surface area contributed by atoms with Crippen molar-refractivity contribution in [2.24, 2.45) is 46.3 Å². The smallest absolute Gasteiger partial charge is 0.220 e. The van der Waals surface area contributed by atoms with Gasteiger partial charge in [0.1, 0.15) is 0 Å². The fraction of sp³-hybridized carbons (Fsp3) is 0.969. The second-order valence-electron chi connectivity index (χ2n) is 15.7. The number of amides is 1. The third-order valence-corrected chi connectivity index (χ3v) is 13.6. The molecule has 0 unspecified atom stereocenters. The van der Waals surface area contributed by atoms with Gasteiger partial charge in [-0.05, 0) is 97.7 Å². The molecule has 4 aliphatic carbocycles. The van der Waals surface area contributed by atoms with Crippen molar-refractivity contribution in [3.05, 3.63) is 0 Å². The van der Waals surface area contributed by atoms with Gasteiger partial charge in [-0.1, -0.05) is 20.8 Å². The number of carbonyl (C=O) groups excluding carboxylic acids is 1. The molecule has 0 aromatic heterocycles. The molecule has 4 saturated carbocycles. The second-order valence-corrected chi connectivity index (χ2v) is 17.3. The molecule has 11 heteroatoms. The number of rotatable bonds is 12. The van der Waals surface area contributed by atoms with Crippen molar-refractivity contribution in [3.8, 4) is 0 Å². The molecule has 0 radical (unpaired) electrons. The van der Waals surface area contributed by atoms with Gasteiger partial charge in [0.15, 0.2) is 0 Å². The topological polar surface area (TPSA) is 178 Å². The van der Waals surface area contributed by atoms with Crippen LogP contribution in [0.1, 0.15) is 91.4 Å². The fourth-order valence-electron chi connectivity index (χ4n) is 10.3. The monoisotopic (exact) mass is 632 g/mol. The molecule has 0 aliphatic heterocycles. The number of nitrogens with one attached hydrogen (secondary N) is 1. The highest BCUT2D eigenvalue weighted by atomic mass is 32.2. The number of nitrogens with zero attached hydrogens (tertiary/aromatic N) is 1. The van der Waals surface area contributed by atoms with E-state index >= 15 is 0 Å². The number of quaternary nitrogens is 1. The molecular weight excluding hydrogens is 572 g/mol. The van der Waals surface area contributed by atoms with Crippen molar-refractivity contribution in [2.75, 3.05) is 39.5 Å². The third kappa shape index (κ3) is 7.95. The van der Waals surface area contributed by atoms with Gasteiger partial charge in [0.25, 0.3) is 0 Å². The quantitative estimate of drug-likeness (QED) is 0.144. The Labute approximate surface area is 259 Å². The Morgan fingerprint density at radius 2 is 1.70 bits per heavy atom. The van der Waals surface area contributed by atoms with Crippen LogP contribution in [0.15, 0.2) is 0 Å². The Hall–Kier alpha value is -0.820. The summed E-state index contributed by atoms with van der Waals surface area (Å²) in [6.45, 7) is 8.78. The maximum Gasteiger partial charge on any atom is 0.220 e. The first-order chi connectivity index (χ1) is 19.5. The van der Waals surface area contributed by atoms with Crippen LogP contribution in [-0.2, 0) is 14.9 Å². The van der Waals surface area contributed by atoms with E-state index in [1.54, 1.807) is 0 Å². The summed E-state index contributed by atoms with van der Waals surface area (Å²) in [7, 11) is -0.177. The molecule has 1 amide bonds. The van der Waals surface area contributed by atoms with E-state index in [4.69, 9.17) is 0 Å². The van der Waals surface area contributed by atoms with Crippen LogP contribution in [0.4, 0.5) is 0 Å². The van der Waals surface area contributed by atoms with Crippen molar-refractivity contribution >= 4 is 16.0 Å². The molecule has 0 bridgehead atoms. The Morgan fingerprint density at radius 3 is 2.37 bits per heavy atom. The van der Waals surface area contributed by atoms with Crippen LogP contribution in [0.3, 0.4) is 0 Å². The molecule has 10 nitrogen and oxygen atoms in total. The Balaban J connectivity index is 0.00000506. The predicted molar refractivity (Wildman–Crippen MR) is 165 cm³/mol. The van der Waals surface area contributed by atoms with Crippen LogP contribution in [0, 0.1) is 46.3 Å². The summed E-state index contributed by atoms with van der Waals surface area (Å²) in [4.78, 5) is 12.7. The van der Waals surface area contributed by atoms with Gasteiger partial charge in [-0.15, -0.1) is 0 Å². The van der Waals surface area contributed by atoms with Gasteiger partial charge >= 0.3 is 0 Å². The van der Waals surface area contributed by atoms with Crippen molar-refractivity contribution in [2.45, 2.75) is 110 Å². The zero-order valence-corrected chi connectivity index (χ0v) is 27.9. The van der Waals surface area contributed by atoms with Crippen LogP contribution in [0.2, 0.25) is 0 Å². The SMILES string of the molecule is C[C@H](CCC(=O)NCCC[N+](C)(C)CCCS(=O)(=O)[O-])[C@H]1CC[C@H]2[C@@H]3[C@H](O)C[C@@H]4C[C@H](O)CC[C@@]4(C)[C@H]3C[C@H](O)[C@@]12C.O. The van der Waals surface area contributed by atoms with Crippen molar-refractivity contribution in [3.63, 3.8) is 0 Å². The fourth-order valence-corrected chi connectivity index (χ4v) is 10.8. The van der Waals surface area contributed by atoms with E-state index in [0.717, 1.165) is 64.3 Å². The predicted octanol–water partition coefficient (Wildman–Crippen LogP) is 2.06. The van der Waals surface area contributed by atoms with Crippen LogP contribution in [0.5, 0.6) is 0 Å². The number of fused-ring (bicyclic) bond motifs is 5. The first kappa shape index (κ1) is 36.6. The van der Waals surface area contributed by atoms with E-state index in [2.05, 4.69) is 26.1 Å². The zero-order valence-electron chi connectivity index (χ0n) is 27.1. The summed E-state index contributed by atoms with van der Waals surface area (Å²) in [6.07, 6.45) is 7.35. The van der Waals surface area contributed by atoms with E-state index in [0.29, 0.717) is 48.2 Å². The molecule has 6 N–H and O–H groups in total. The van der Waals surface area contributed by atoms with E-state index in [-0.39, 0.29) is 57.9 Å². The summed E-state index contributed by atoms with van der Waals surface area (Å²) in [6, 6.07) is 0. The Morgan fingerprint density at radius 1 is 1.02 bits per heavy atom. The largest absolute Gasteiger partial charge is 0.748 e. The lowest BCUT2D eigenvalue weighted by atomic mass is 9.43. The number of hydrogen-bond donors (Lipinski definition) is 4. The molecule has 43 heavy (non-hydrogen) atoms. The van der Waals surface area contributed by atoms with Crippen LogP contribution in [-0.4, -0.2) is 102 Å². The molecular formula is C32H60N2O8S. The molecule has 0 saturated heterocycles. The van der Waals surface area contributed by atoms with Crippen LogP contribution >= 0.6 is 0 Å². The molecule has 4 aliphatic rings. The van der Waals surface area contributed by atoms with Gasteiger partial charge in [-0.3, -0.25) is 4.79 Å². The second kappa shape index (κ2) is 13.9. The van der Waals surface area contributed by atoms with Crippen LogP contribution in [0.25, 0.3) is 0 Å². The number of carbonyl (C=O) groups is 1. The van der Waals surface area contributed by atoms with E-state index < -0.39 is 16.2 Å². The Bertz CT molecular complexity index is 1060. The summed E-state index contributed by atoms with van der Waals surface area (Å²) in [5.41, 5.74) is -0.191. The minimum atomic E-state index is -4.18. The van der Waals surface area contributed by atoms with E-state index in [9.17, 15) is 33.1 Å². The van der Waals surface area contributed by atoms with Gasteiger partial charge in [0.2, 0.25) is 5.91 Å². The molecule has 11 atom stereocenters. The minimum Gasteiger partial charge on any atom is -0.748 e. The van der Waals surface area contributed by atoms with Gasteiger partial charge < -0.3 is 35.1 Å². The average Bonchev–Trinajstić information content (AvgIpc) is 3.24. The maximum atomic E-state index is 12.7. The standard InChI is InChI=1S/C32H58N2O7S.H2O/c1-21(8-11-29(38)33-14-6-15-34(4,5)16-7-17-42(39,40)41)24-9-10-25-30-26(20-28(37)32(24,25)3)31(2)13-12-23(35)18-22(31)19-27(30)36;/h21-28,30,35-37H,6-20H2,1-5H3,(H-,33,38,39,40,41);1H2/t21-,22+,23-,24-,25+,26+,27-,28+,30+,31-,32+;/m1./s1. The minimum absolute atomic E-state index is 0. The Kier molecular flexibility index (Phi) is 11.8. The molecule has 0 spiro atoms. The maximum absolute atomic E-state index is 12.7. The van der Waals surface area contributed by atoms with Gasteiger partial charge in [-0.25, -0.2) is 8.42 Å². The lowest BCUT2D eigenvalue weighted by Gasteiger charge is -2.63. The summed E-state index contributed by atoms with van der Waals surface area (Å²) in [5.74, 6) is 1.38. The third-order valence-electron chi connectivity index (χ3n) is 12.8. The molecule has 0 heterocycles. The number of aliphatic hydroxyl groups excluding tert-OH is 3. The lowest BCUT2D eigenvalue weighted by Crippen LogP contribution is -2.62. The molecule has 4 fully saturated rings. The molecule has 4 rings (SSSR count). The zero-order chi connectivity index (χ0) is 31.1. The van der Waals surface area contributed by atoms with Crippen LogP contribution < -0.4 is 5.32 Å². The highest BCUT2D eigenvalue weighted by molar-refractivity contribution is 7.85. The molecule has 252 valence electrons. The first-order valence-corrected chi connectivity index (χ1v) is 18.1. The average molecular weight is 633 g/mol. The van der Waals surface area contributed by atoms with Gasteiger partial charge in [0, 0.05) is 31.6 Å². The van der Waals surface area contributed by atoms with Gasteiger partial charge in [-0.2, -0.15) is 0 Å². The highest BCUT2D eigenvalue weighted by Crippen LogP contribution is 2.68. The van der Waals surface area contributed by atoms with Gasteiger partial charge in [0.05, 0.1) is 55.6 Å². The van der Waals surface area contributed by atoms with E-state index in [1.807, 2.05) is 14.1 Å². The van der Waals surface area contributed by atoms with Crippen molar-refractivity contribution in [1.82, 2.24) is 5.32 Å². The highest BCUT2D eigenvalue weighted by Gasteiger charge is 2.65. The number of aliphatic hydroxyl groups is 3. The van der Waals surface area contributed by atoms with Crippen molar-refractivity contribution < 1.29 is 43.0 Å². The first-order valence-electron chi connectivity index (χ1n) is 16.5. The molecule has 0 aromatic rings. The normalized spacial score (nSPS) is 40.0. The van der Waals surface area contributed by atoms with Crippen molar-refractivity contribution in [1.29, 1.82) is 0 Å². The summed E-state index contributed by atoms with van der Waals surface area (Å²) in [5, 5.41) is 36.6. The lowest BCUT2D eigenvalue weighted by molar-refractivity contribution is -0.890. The molecule has 0 aromatic carbocycles.